The van der Waals surface area contributed by atoms with Gasteiger partial charge in [0, 0.05) is 39.1 Å². The van der Waals surface area contributed by atoms with Gasteiger partial charge < -0.3 is 15.1 Å². The second-order valence-electron chi connectivity index (χ2n) is 5.48. The van der Waals surface area contributed by atoms with E-state index in [4.69, 9.17) is 0 Å². The lowest BCUT2D eigenvalue weighted by molar-refractivity contribution is 0.741. The molecule has 0 spiro atoms. The van der Waals surface area contributed by atoms with E-state index in [1.807, 2.05) is 38.2 Å². The van der Waals surface area contributed by atoms with Crippen molar-refractivity contribution in [3.8, 4) is 0 Å². The number of rotatable bonds is 7. The maximum absolute atomic E-state index is 4.51. The SMILES string of the molecule is CCCCN(C)c1nncc(Nc2ccc(N(C)C)cc2)n1. The lowest BCUT2D eigenvalue weighted by Crippen LogP contribution is -2.21. The van der Waals surface area contributed by atoms with Crippen molar-refractivity contribution < 1.29 is 0 Å². The van der Waals surface area contributed by atoms with Gasteiger partial charge in [-0.1, -0.05) is 13.3 Å². The van der Waals surface area contributed by atoms with Crippen LogP contribution in [0, 0.1) is 0 Å². The van der Waals surface area contributed by atoms with Gasteiger partial charge >= 0.3 is 0 Å². The van der Waals surface area contributed by atoms with Gasteiger partial charge in [0.15, 0.2) is 5.82 Å². The molecule has 0 bridgehead atoms. The minimum absolute atomic E-state index is 0.642. The molecule has 118 valence electrons. The molecular weight excluding hydrogens is 276 g/mol. The van der Waals surface area contributed by atoms with Gasteiger partial charge in [-0.3, -0.25) is 0 Å². The summed E-state index contributed by atoms with van der Waals surface area (Å²) in [5.41, 5.74) is 2.14. The van der Waals surface area contributed by atoms with E-state index in [0.717, 1.165) is 30.8 Å². The molecule has 1 heterocycles. The molecule has 1 N–H and O–H groups in total. The molecule has 0 aliphatic heterocycles. The van der Waals surface area contributed by atoms with Crippen molar-refractivity contribution in [1.82, 2.24) is 15.2 Å². The summed E-state index contributed by atoms with van der Waals surface area (Å²) in [5, 5.41) is 11.4. The molecule has 1 aromatic carbocycles. The Bertz CT molecular complexity index is 581. The van der Waals surface area contributed by atoms with E-state index in [0.29, 0.717) is 11.8 Å². The molecule has 0 amide bonds. The van der Waals surface area contributed by atoms with Gasteiger partial charge in [0.25, 0.3) is 0 Å². The van der Waals surface area contributed by atoms with Crippen molar-refractivity contribution in [3.05, 3.63) is 30.5 Å². The van der Waals surface area contributed by atoms with Crippen LogP contribution >= 0.6 is 0 Å². The highest BCUT2D eigenvalue weighted by Gasteiger charge is 2.06. The summed E-state index contributed by atoms with van der Waals surface area (Å²) in [6, 6.07) is 8.17. The first-order chi connectivity index (χ1) is 10.6. The van der Waals surface area contributed by atoms with Crippen LogP contribution in [0.3, 0.4) is 0 Å². The van der Waals surface area contributed by atoms with E-state index in [1.54, 1.807) is 6.20 Å². The summed E-state index contributed by atoms with van der Waals surface area (Å²) >= 11 is 0. The highest BCUT2D eigenvalue weighted by Crippen LogP contribution is 2.19. The first kappa shape index (κ1) is 16.0. The number of anilines is 4. The highest BCUT2D eigenvalue weighted by atomic mass is 15.3. The molecule has 0 radical (unpaired) electrons. The Morgan fingerprint density at radius 3 is 2.45 bits per heavy atom. The molecule has 6 nitrogen and oxygen atoms in total. The largest absolute Gasteiger partial charge is 0.378 e. The molecular formula is C16H24N6. The zero-order chi connectivity index (χ0) is 15.9. The van der Waals surface area contributed by atoms with E-state index >= 15 is 0 Å². The Morgan fingerprint density at radius 2 is 1.82 bits per heavy atom. The van der Waals surface area contributed by atoms with Crippen LogP contribution < -0.4 is 15.1 Å². The van der Waals surface area contributed by atoms with Crippen LogP contribution in [0.25, 0.3) is 0 Å². The molecule has 0 unspecified atom stereocenters. The lowest BCUT2D eigenvalue weighted by Gasteiger charge is -2.16. The van der Waals surface area contributed by atoms with Gasteiger partial charge in [-0.15, -0.1) is 5.10 Å². The van der Waals surface area contributed by atoms with E-state index in [9.17, 15) is 0 Å². The second kappa shape index (κ2) is 7.59. The van der Waals surface area contributed by atoms with Crippen molar-refractivity contribution in [2.45, 2.75) is 19.8 Å². The molecule has 0 aliphatic rings. The van der Waals surface area contributed by atoms with Crippen LogP contribution in [-0.2, 0) is 0 Å². The third-order valence-electron chi connectivity index (χ3n) is 3.39. The van der Waals surface area contributed by atoms with Gasteiger partial charge in [0.05, 0.1) is 6.20 Å². The fraction of sp³-hybridized carbons (Fsp3) is 0.438. The van der Waals surface area contributed by atoms with Crippen molar-refractivity contribution in [2.24, 2.45) is 0 Å². The Balaban J connectivity index is 2.06. The smallest absolute Gasteiger partial charge is 0.247 e. The molecule has 0 fully saturated rings. The van der Waals surface area contributed by atoms with E-state index in [-0.39, 0.29) is 0 Å². The number of nitrogens with zero attached hydrogens (tertiary/aromatic N) is 5. The summed E-state index contributed by atoms with van der Waals surface area (Å²) in [5.74, 6) is 1.34. The number of hydrogen-bond donors (Lipinski definition) is 1. The third-order valence-corrected chi connectivity index (χ3v) is 3.39. The van der Waals surface area contributed by atoms with Gasteiger partial charge in [-0.2, -0.15) is 10.1 Å². The van der Waals surface area contributed by atoms with Gasteiger partial charge in [-0.25, -0.2) is 0 Å². The van der Waals surface area contributed by atoms with Crippen molar-refractivity contribution >= 4 is 23.1 Å². The zero-order valence-corrected chi connectivity index (χ0v) is 13.7. The molecule has 2 aromatic rings. The predicted molar refractivity (Wildman–Crippen MR) is 92.1 cm³/mol. The molecule has 0 saturated carbocycles. The van der Waals surface area contributed by atoms with Crippen LogP contribution in [0.1, 0.15) is 19.8 Å². The first-order valence-corrected chi connectivity index (χ1v) is 7.55. The number of aromatic nitrogens is 3. The molecule has 22 heavy (non-hydrogen) atoms. The van der Waals surface area contributed by atoms with Crippen LogP contribution in [0.5, 0.6) is 0 Å². The maximum atomic E-state index is 4.51. The highest BCUT2D eigenvalue weighted by molar-refractivity contribution is 5.60. The molecule has 1 aromatic heterocycles. The van der Waals surface area contributed by atoms with Gasteiger partial charge in [-0.05, 0) is 30.7 Å². The average Bonchev–Trinajstić information content (AvgIpc) is 2.53. The molecule has 2 rings (SSSR count). The fourth-order valence-electron chi connectivity index (χ4n) is 2.00. The van der Waals surface area contributed by atoms with E-state index < -0.39 is 0 Å². The topological polar surface area (TPSA) is 57.2 Å². The maximum Gasteiger partial charge on any atom is 0.247 e. The molecule has 0 saturated heterocycles. The minimum Gasteiger partial charge on any atom is -0.378 e. The number of hydrogen-bond acceptors (Lipinski definition) is 6. The minimum atomic E-state index is 0.642. The summed E-state index contributed by atoms with van der Waals surface area (Å²) in [7, 11) is 6.03. The quantitative estimate of drug-likeness (QED) is 0.848. The first-order valence-electron chi connectivity index (χ1n) is 7.55. The van der Waals surface area contributed by atoms with Crippen LogP contribution in [-0.4, -0.2) is 42.9 Å². The van der Waals surface area contributed by atoms with E-state index in [1.165, 1.54) is 0 Å². The number of unbranched alkanes of at least 4 members (excludes halogenated alkanes) is 1. The number of nitrogens with one attached hydrogen (secondary N) is 1. The normalized spacial score (nSPS) is 10.4. The third kappa shape index (κ3) is 4.31. The van der Waals surface area contributed by atoms with Crippen molar-refractivity contribution in [2.75, 3.05) is 42.8 Å². The van der Waals surface area contributed by atoms with E-state index in [2.05, 4.69) is 44.5 Å². The van der Waals surface area contributed by atoms with Gasteiger partial charge in [0.1, 0.15) is 0 Å². The Kier molecular flexibility index (Phi) is 5.52. The van der Waals surface area contributed by atoms with Gasteiger partial charge in [0.2, 0.25) is 5.95 Å². The number of benzene rings is 1. The Labute approximate surface area is 132 Å². The van der Waals surface area contributed by atoms with Crippen molar-refractivity contribution in [3.63, 3.8) is 0 Å². The summed E-state index contributed by atoms with van der Waals surface area (Å²) in [6.45, 7) is 3.10. The average molecular weight is 300 g/mol. The molecule has 0 aliphatic carbocycles. The fourth-order valence-corrected chi connectivity index (χ4v) is 2.00. The summed E-state index contributed by atoms with van der Waals surface area (Å²) < 4.78 is 0. The van der Waals surface area contributed by atoms with Crippen LogP contribution in [0.2, 0.25) is 0 Å². The monoisotopic (exact) mass is 300 g/mol. The Hall–Kier alpha value is -2.37. The lowest BCUT2D eigenvalue weighted by atomic mass is 10.2. The molecule has 6 heteroatoms. The summed E-state index contributed by atoms with van der Waals surface area (Å²) in [6.07, 6.45) is 3.90. The van der Waals surface area contributed by atoms with Crippen LogP contribution in [0.4, 0.5) is 23.1 Å². The predicted octanol–water partition coefficient (Wildman–Crippen LogP) is 2.92. The van der Waals surface area contributed by atoms with Crippen molar-refractivity contribution in [1.29, 1.82) is 0 Å². The molecule has 0 atom stereocenters. The summed E-state index contributed by atoms with van der Waals surface area (Å²) in [4.78, 5) is 8.60. The Morgan fingerprint density at radius 1 is 1.09 bits per heavy atom. The second-order valence-corrected chi connectivity index (χ2v) is 5.48. The van der Waals surface area contributed by atoms with Crippen LogP contribution in [0.15, 0.2) is 30.5 Å². The zero-order valence-electron chi connectivity index (χ0n) is 13.7. The standard InChI is InChI=1S/C16H24N6/c1-5-6-11-22(4)16-19-15(12-17-20-16)18-13-7-9-14(10-8-13)21(2)3/h7-10,12H,5-6,11H2,1-4H3,(H,18,19,20).